The van der Waals surface area contributed by atoms with E-state index in [1.807, 2.05) is 18.2 Å². The highest BCUT2D eigenvalue weighted by molar-refractivity contribution is 7.89. The number of piperidine rings is 1. The molecule has 0 amide bonds. The van der Waals surface area contributed by atoms with E-state index in [4.69, 9.17) is 0 Å². The molecule has 3 rings (SSSR count). The Morgan fingerprint density at radius 2 is 1.65 bits per heavy atom. The van der Waals surface area contributed by atoms with Crippen molar-refractivity contribution in [3.8, 4) is 0 Å². The van der Waals surface area contributed by atoms with Crippen LogP contribution in [0.2, 0.25) is 0 Å². The van der Waals surface area contributed by atoms with Gasteiger partial charge in [0.05, 0.1) is 4.90 Å². The molecular formula is C18H20FNO2S. The molecule has 0 atom stereocenters. The Morgan fingerprint density at radius 1 is 1.00 bits per heavy atom. The normalized spacial score (nSPS) is 18.7. The average Bonchev–Trinajstić information content (AvgIpc) is 2.56. The monoisotopic (exact) mass is 333 g/mol. The Kier molecular flexibility index (Phi) is 4.25. The van der Waals surface area contributed by atoms with Crippen LogP contribution in [0.3, 0.4) is 0 Å². The maximum absolute atomic E-state index is 13.3. The van der Waals surface area contributed by atoms with Crippen molar-refractivity contribution in [3.63, 3.8) is 0 Å². The number of sulfonamides is 1. The molecule has 1 aliphatic heterocycles. The van der Waals surface area contributed by atoms with E-state index in [0.29, 0.717) is 13.1 Å². The van der Waals surface area contributed by atoms with Gasteiger partial charge in [-0.2, -0.15) is 4.31 Å². The Morgan fingerprint density at radius 3 is 2.26 bits per heavy atom. The fraction of sp³-hybridized carbons (Fsp3) is 0.333. The minimum atomic E-state index is -3.62. The van der Waals surface area contributed by atoms with Gasteiger partial charge in [-0.3, -0.25) is 0 Å². The van der Waals surface area contributed by atoms with Gasteiger partial charge in [-0.15, -0.1) is 0 Å². The van der Waals surface area contributed by atoms with Gasteiger partial charge in [0.2, 0.25) is 10.0 Å². The third-order valence-corrected chi connectivity index (χ3v) is 6.63. The van der Waals surface area contributed by atoms with E-state index >= 15 is 0 Å². The molecule has 2 aromatic rings. The van der Waals surface area contributed by atoms with E-state index in [-0.39, 0.29) is 10.3 Å². The summed E-state index contributed by atoms with van der Waals surface area (Å²) in [5.41, 5.74) is 1.22. The molecule has 5 heteroatoms. The van der Waals surface area contributed by atoms with Gasteiger partial charge in [-0.25, -0.2) is 12.8 Å². The van der Waals surface area contributed by atoms with Crippen LogP contribution < -0.4 is 0 Å². The van der Waals surface area contributed by atoms with E-state index in [2.05, 4.69) is 19.1 Å². The van der Waals surface area contributed by atoms with Gasteiger partial charge in [0.25, 0.3) is 0 Å². The summed E-state index contributed by atoms with van der Waals surface area (Å²) in [4.78, 5) is 0.0285. The Labute approximate surface area is 136 Å². The van der Waals surface area contributed by atoms with Gasteiger partial charge in [0.15, 0.2) is 0 Å². The van der Waals surface area contributed by atoms with Crippen molar-refractivity contribution in [1.29, 1.82) is 0 Å². The van der Waals surface area contributed by atoms with Gasteiger partial charge in [-0.05, 0) is 42.0 Å². The van der Waals surface area contributed by atoms with Gasteiger partial charge in [0, 0.05) is 13.1 Å². The SMILES string of the molecule is CC1(c2ccccc2)CCN(S(=O)(=O)c2cccc(F)c2)CC1. The third kappa shape index (κ3) is 3.16. The van der Waals surface area contributed by atoms with Crippen molar-refractivity contribution in [3.05, 3.63) is 66.0 Å². The van der Waals surface area contributed by atoms with Crippen molar-refractivity contribution in [1.82, 2.24) is 4.31 Å². The molecule has 0 saturated carbocycles. The summed E-state index contributed by atoms with van der Waals surface area (Å²) in [5.74, 6) is -0.530. The van der Waals surface area contributed by atoms with Crippen molar-refractivity contribution >= 4 is 10.0 Å². The largest absolute Gasteiger partial charge is 0.243 e. The zero-order valence-corrected chi connectivity index (χ0v) is 13.9. The minimum Gasteiger partial charge on any atom is -0.207 e. The minimum absolute atomic E-state index is 0.0186. The summed E-state index contributed by atoms with van der Waals surface area (Å²) in [6.45, 7) is 3.07. The first-order valence-corrected chi connectivity index (χ1v) is 9.17. The van der Waals surface area contributed by atoms with E-state index < -0.39 is 15.8 Å². The highest BCUT2D eigenvalue weighted by Gasteiger charge is 2.36. The number of halogens is 1. The standard InChI is InChI=1S/C18H20FNO2S/c1-18(15-6-3-2-4-7-15)10-12-20(13-11-18)23(21,22)17-9-5-8-16(19)14-17/h2-9,14H,10-13H2,1H3. The van der Waals surface area contributed by atoms with E-state index in [9.17, 15) is 12.8 Å². The molecule has 0 aliphatic carbocycles. The predicted molar refractivity (Wildman–Crippen MR) is 88.2 cm³/mol. The molecule has 1 saturated heterocycles. The number of hydrogen-bond donors (Lipinski definition) is 0. The molecule has 0 bridgehead atoms. The molecule has 0 unspecified atom stereocenters. The molecule has 1 aliphatic rings. The predicted octanol–water partition coefficient (Wildman–Crippen LogP) is 3.57. The maximum atomic E-state index is 13.3. The zero-order valence-electron chi connectivity index (χ0n) is 13.1. The fourth-order valence-electron chi connectivity index (χ4n) is 3.13. The summed E-state index contributed by atoms with van der Waals surface area (Å²) in [6.07, 6.45) is 1.51. The molecule has 0 spiro atoms. The van der Waals surface area contributed by atoms with Crippen LogP contribution >= 0.6 is 0 Å². The third-order valence-electron chi connectivity index (χ3n) is 4.73. The highest BCUT2D eigenvalue weighted by Crippen LogP contribution is 2.36. The van der Waals surface area contributed by atoms with Gasteiger partial charge >= 0.3 is 0 Å². The van der Waals surface area contributed by atoms with Crippen LogP contribution in [0.25, 0.3) is 0 Å². The van der Waals surface area contributed by atoms with Crippen LogP contribution in [0, 0.1) is 5.82 Å². The average molecular weight is 333 g/mol. The lowest BCUT2D eigenvalue weighted by atomic mass is 9.75. The summed E-state index contributed by atoms with van der Waals surface area (Å²) < 4.78 is 40.1. The van der Waals surface area contributed by atoms with Crippen LogP contribution in [0.15, 0.2) is 59.5 Å². The first kappa shape index (κ1) is 16.1. The lowest BCUT2D eigenvalue weighted by Gasteiger charge is -2.39. The lowest BCUT2D eigenvalue weighted by Crippen LogP contribution is -2.43. The van der Waals surface area contributed by atoms with E-state index in [1.165, 1.54) is 28.1 Å². The first-order chi connectivity index (χ1) is 10.9. The summed E-state index contributed by atoms with van der Waals surface area (Å²) in [6, 6.07) is 15.4. The zero-order chi connectivity index (χ0) is 16.5. The molecular weight excluding hydrogens is 313 g/mol. The van der Waals surface area contributed by atoms with Crippen LogP contribution in [0.5, 0.6) is 0 Å². The topological polar surface area (TPSA) is 37.4 Å². The molecule has 0 N–H and O–H groups in total. The van der Waals surface area contributed by atoms with Gasteiger partial charge < -0.3 is 0 Å². The van der Waals surface area contributed by atoms with Crippen molar-refractivity contribution in [2.75, 3.05) is 13.1 Å². The van der Waals surface area contributed by atoms with Crippen molar-refractivity contribution in [2.45, 2.75) is 30.1 Å². The molecule has 0 radical (unpaired) electrons. The van der Waals surface area contributed by atoms with Crippen LogP contribution in [-0.2, 0) is 15.4 Å². The fourth-order valence-corrected chi connectivity index (χ4v) is 4.60. The second kappa shape index (κ2) is 6.06. The summed E-state index contributed by atoms with van der Waals surface area (Å²) in [5, 5.41) is 0. The Hall–Kier alpha value is -1.72. The van der Waals surface area contributed by atoms with Gasteiger partial charge in [-0.1, -0.05) is 43.3 Å². The second-order valence-corrected chi connectivity index (χ2v) is 8.23. The first-order valence-electron chi connectivity index (χ1n) is 7.73. The number of hydrogen-bond acceptors (Lipinski definition) is 2. The van der Waals surface area contributed by atoms with E-state index in [0.717, 1.165) is 18.9 Å². The number of nitrogens with zero attached hydrogens (tertiary/aromatic N) is 1. The molecule has 3 nitrogen and oxygen atoms in total. The Balaban J connectivity index is 1.79. The molecule has 2 aromatic carbocycles. The Bertz CT molecular complexity index is 782. The summed E-state index contributed by atoms with van der Waals surface area (Å²) in [7, 11) is -3.62. The molecule has 1 fully saturated rings. The van der Waals surface area contributed by atoms with Crippen molar-refractivity contribution < 1.29 is 12.8 Å². The van der Waals surface area contributed by atoms with Gasteiger partial charge in [0.1, 0.15) is 5.82 Å². The van der Waals surface area contributed by atoms with Crippen LogP contribution in [0.4, 0.5) is 4.39 Å². The molecule has 0 aromatic heterocycles. The van der Waals surface area contributed by atoms with Crippen LogP contribution in [0.1, 0.15) is 25.3 Å². The maximum Gasteiger partial charge on any atom is 0.243 e. The van der Waals surface area contributed by atoms with Crippen LogP contribution in [-0.4, -0.2) is 25.8 Å². The lowest BCUT2D eigenvalue weighted by molar-refractivity contribution is 0.249. The quantitative estimate of drug-likeness (QED) is 0.861. The van der Waals surface area contributed by atoms with E-state index in [1.54, 1.807) is 0 Å². The second-order valence-electron chi connectivity index (χ2n) is 6.29. The smallest absolute Gasteiger partial charge is 0.207 e. The molecule has 122 valence electrons. The highest BCUT2D eigenvalue weighted by atomic mass is 32.2. The summed E-state index contributed by atoms with van der Waals surface area (Å²) >= 11 is 0. The number of benzene rings is 2. The molecule has 1 heterocycles. The molecule has 23 heavy (non-hydrogen) atoms. The van der Waals surface area contributed by atoms with Crippen molar-refractivity contribution in [2.24, 2.45) is 0 Å². The number of rotatable bonds is 3.